The van der Waals surface area contributed by atoms with Crippen molar-refractivity contribution >= 4 is 0 Å². The van der Waals surface area contributed by atoms with E-state index in [0.29, 0.717) is 0 Å². The van der Waals surface area contributed by atoms with E-state index >= 15 is 0 Å². The van der Waals surface area contributed by atoms with Gasteiger partial charge < -0.3 is 0 Å². The highest BCUT2D eigenvalue weighted by atomic mass is 14.0. The monoisotopic (exact) mass is 189 g/mol. The highest BCUT2D eigenvalue weighted by Gasteiger charge is 1.99. The first kappa shape index (κ1) is 11.3. The van der Waals surface area contributed by atoms with Crippen LogP contribution in [0.25, 0.3) is 0 Å². The lowest BCUT2D eigenvalue weighted by molar-refractivity contribution is 0.712. The number of hydrogen-bond donors (Lipinski definition) is 0. The molecule has 0 unspecified atom stereocenters. The van der Waals surface area contributed by atoms with Crippen molar-refractivity contribution in [3.8, 4) is 0 Å². The van der Waals surface area contributed by atoms with Crippen molar-refractivity contribution in [2.45, 2.75) is 45.4 Å². The third-order valence-corrected chi connectivity index (χ3v) is 2.61. The van der Waals surface area contributed by atoms with Crippen molar-refractivity contribution in [3.63, 3.8) is 0 Å². The molecular weight excluding hydrogens is 168 g/mol. The van der Waals surface area contributed by atoms with Crippen molar-refractivity contribution < 1.29 is 0 Å². The summed E-state index contributed by atoms with van der Waals surface area (Å²) in [5, 5.41) is 0. The first-order chi connectivity index (χ1) is 6.88. The second-order valence-corrected chi connectivity index (χ2v) is 3.83. The van der Waals surface area contributed by atoms with Gasteiger partial charge in [-0.2, -0.15) is 0 Å². The van der Waals surface area contributed by atoms with Crippen LogP contribution in [0.4, 0.5) is 0 Å². The Hall–Kier alpha value is -0.780. The van der Waals surface area contributed by atoms with E-state index in [1.807, 2.05) is 0 Å². The Bertz CT molecular complexity index is 250. The van der Waals surface area contributed by atoms with Crippen molar-refractivity contribution in [1.29, 1.82) is 0 Å². The van der Waals surface area contributed by atoms with Gasteiger partial charge in [-0.1, -0.05) is 51.0 Å². The van der Waals surface area contributed by atoms with Crippen LogP contribution in [-0.2, 0) is 12.8 Å². The summed E-state index contributed by atoms with van der Waals surface area (Å²) in [6, 6.07) is 8.79. The molecule has 14 heavy (non-hydrogen) atoms. The Labute approximate surface area is 88.4 Å². The van der Waals surface area contributed by atoms with Gasteiger partial charge in [0.15, 0.2) is 0 Å². The average molecular weight is 189 g/mol. The molecule has 77 valence electrons. The standard InChI is InChI=1S/C14H21/c1-3-5-6-10-14-12-8-7-11-13(14)9-4-2/h7-8,11-12H,2-6,9-10H2,1H3. The van der Waals surface area contributed by atoms with Crippen LogP contribution in [0.1, 0.15) is 43.7 Å². The Morgan fingerprint density at radius 2 is 1.64 bits per heavy atom. The van der Waals surface area contributed by atoms with Gasteiger partial charge in [-0.25, -0.2) is 0 Å². The molecule has 0 bridgehead atoms. The Morgan fingerprint density at radius 1 is 1.00 bits per heavy atom. The smallest absolute Gasteiger partial charge is 0.0276 e. The molecular formula is C14H21. The summed E-state index contributed by atoms with van der Waals surface area (Å²) in [7, 11) is 0. The Kier molecular flexibility index (Phi) is 5.36. The van der Waals surface area contributed by atoms with E-state index in [9.17, 15) is 0 Å². The quantitative estimate of drug-likeness (QED) is 0.589. The summed E-state index contributed by atoms with van der Waals surface area (Å²) in [4.78, 5) is 0. The zero-order chi connectivity index (χ0) is 10.2. The highest BCUT2D eigenvalue weighted by molar-refractivity contribution is 5.27. The summed E-state index contributed by atoms with van der Waals surface area (Å²) in [5.74, 6) is 0. The molecule has 1 aromatic rings. The molecule has 0 aromatic heterocycles. The fourth-order valence-electron chi connectivity index (χ4n) is 1.80. The van der Waals surface area contributed by atoms with Gasteiger partial charge in [-0.15, -0.1) is 0 Å². The molecule has 0 aliphatic heterocycles. The molecule has 0 aliphatic rings. The lowest BCUT2D eigenvalue weighted by Gasteiger charge is -2.07. The minimum absolute atomic E-state index is 1.00. The van der Waals surface area contributed by atoms with E-state index in [-0.39, 0.29) is 0 Å². The van der Waals surface area contributed by atoms with Crippen LogP contribution in [0.5, 0.6) is 0 Å². The summed E-state index contributed by atoms with van der Waals surface area (Å²) in [6.45, 7) is 6.17. The maximum Gasteiger partial charge on any atom is -0.0276 e. The van der Waals surface area contributed by atoms with E-state index in [1.165, 1.54) is 36.8 Å². The fourth-order valence-corrected chi connectivity index (χ4v) is 1.80. The molecule has 0 fully saturated rings. The van der Waals surface area contributed by atoms with Crippen molar-refractivity contribution in [2.75, 3.05) is 0 Å². The van der Waals surface area contributed by atoms with Gasteiger partial charge >= 0.3 is 0 Å². The van der Waals surface area contributed by atoms with Crippen LogP contribution in [-0.4, -0.2) is 0 Å². The largest absolute Gasteiger partial charge is 0.0654 e. The van der Waals surface area contributed by atoms with Crippen LogP contribution >= 0.6 is 0 Å². The first-order valence-electron chi connectivity index (χ1n) is 5.74. The third-order valence-electron chi connectivity index (χ3n) is 2.61. The van der Waals surface area contributed by atoms with Gasteiger partial charge in [0.1, 0.15) is 0 Å². The van der Waals surface area contributed by atoms with Crippen LogP contribution in [0.2, 0.25) is 0 Å². The van der Waals surface area contributed by atoms with Crippen molar-refractivity contribution in [1.82, 2.24) is 0 Å². The van der Waals surface area contributed by atoms with Crippen molar-refractivity contribution in [2.24, 2.45) is 0 Å². The van der Waals surface area contributed by atoms with Gasteiger partial charge in [0.25, 0.3) is 0 Å². The normalized spacial score (nSPS) is 10.4. The molecule has 0 spiro atoms. The summed E-state index contributed by atoms with van der Waals surface area (Å²) in [6.07, 6.45) is 7.35. The van der Waals surface area contributed by atoms with Crippen LogP contribution in [0.3, 0.4) is 0 Å². The number of benzene rings is 1. The summed E-state index contributed by atoms with van der Waals surface area (Å²) < 4.78 is 0. The van der Waals surface area contributed by atoms with E-state index < -0.39 is 0 Å². The minimum atomic E-state index is 1.00. The Balaban J connectivity index is 2.55. The molecule has 0 nitrogen and oxygen atoms in total. The molecule has 0 atom stereocenters. The molecule has 1 radical (unpaired) electrons. The molecule has 1 rings (SSSR count). The third kappa shape index (κ3) is 3.53. The van der Waals surface area contributed by atoms with Crippen LogP contribution in [0.15, 0.2) is 24.3 Å². The summed E-state index contributed by atoms with van der Waals surface area (Å²) >= 11 is 0. The predicted octanol–water partition coefficient (Wildman–Crippen LogP) is 4.19. The number of hydrogen-bond acceptors (Lipinski definition) is 0. The molecule has 1 aromatic carbocycles. The highest BCUT2D eigenvalue weighted by Crippen LogP contribution is 2.14. The average Bonchev–Trinajstić information content (AvgIpc) is 2.21. The first-order valence-corrected chi connectivity index (χ1v) is 5.74. The zero-order valence-electron chi connectivity index (χ0n) is 9.26. The predicted molar refractivity (Wildman–Crippen MR) is 63.3 cm³/mol. The van der Waals surface area contributed by atoms with Gasteiger partial charge in [0, 0.05) is 0 Å². The molecule has 0 N–H and O–H groups in total. The Morgan fingerprint density at radius 3 is 2.21 bits per heavy atom. The minimum Gasteiger partial charge on any atom is -0.0654 e. The van der Waals surface area contributed by atoms with Gasteiger partial charge in [0.2, 0.25) is 0 Å². The zero-order valence-corrected chi connectivity index (χ0v) is 9.26. The van der Waals surface area contributed by atoms with Gasteiger partial charge in [-0.3, -0.25) is 0 Å². The lowest BCUT2D eigenvalue weighted by Crippen LogP contribution is -1.93. The second-order valence-electron chi connectivity index (χ2n) is 3.83. The van der Waals surface area contributed by atoms with Crippen LogP contribution < -0.4 is 0 Å². The molecule has 0 heterocycles. The number of rotatable bonds is 6. The van der Waals surface area contributed by atoms with E-state index in [0.717, 1.165) is 12.8 Å². The van der Waals surface area contributed by atoms with Gasteiger partial charge in [-0.05, 0) is 36.8 Å². The molecule has 0 saturated heterocycles. The number of aryl methyl sites for hydroxylation is 2. The van der Waals surface area contributed by atoms with E-state index in [4.69, 9.17) is 0 Å². The van der Waals surface area contributed by atoms with E-state index in [2.05, 4.69) is 38.1 Å². The maximum absolute atomic E-state index is 3.92. The molecule has 0 saturated carbocycles. The van der Waals surface area contributed by atoms with Crippen molar-refractivity contribution in [3.05, 3.63) is 42.3 Å². The SMILES string of the molecule is [CH2]CCc1ccccc1CCCCC. The van der Waals surface area contributed by atoms with Crippen LogP contribution in [0, 0.1) is 6.92 Å². The topological polar surface area (TPSA) is 0 Å². The summed E-state index contributed by atoms with van der Waals surface area (Å²) in [5.41, 5.74) is 3.03. The lowest BCUT2D eigenvalue weighted by atomic mass is 9.98. The molecule has 0 amide bonds. The molecule has 0 aliphatic carbocycles. The fraction of sp³-hybridized carbons (Fsp3) is 0.500. The second kappa shape index (κ2) is 6.64. The van der Waals surface area contributed by atoms with Gasteiger partial charge in [0.05, 0.1) is 0 Å². The maximum atomic E-state index is 3.92. The number of unbranched alkanes of at least 4 members (excludes halogenated alkanes) is 2. The van der Waals surface area contributed by atoms with E-state index in [1.54, 1.807) is 0 Å². The molecule has 0 heteroatoms.